The molecule has 1 heterocycles. The second-order valence-corrected chi connectivity index (χ2v) is 5.79. The van der Waals surface area contributed by atoms with E-state index in [4.69, 9.17) is 5.73 Å². The number of hydrogen-bond donors (Lipinski definition) is 1. The average molecular weight is 305 g/mol. The first-order valence-electron chi connectivity index (χ1n) is 5.94. The molecule has 0 aliphatic heterocycles. The van der Waals surface area contributed by atoms with E-state index in [9.17, 15) is 0 Å². The number of nitrogens with zero attached hydrogens (tertiary/aromatic N) is 1. The minimum atomic E-state index is -0.397. The zero-order valence-corrected chi connectivity index (χ0v) is 12.2. The van der Waals surface area contributed by atoms with Crippen LogP contribution in [0.3, 0.4) is 0 Å². The summed E-state index contributed by atoms with van der Waals surface area (Å²) in [6, 6.07) is 12.3. The summed E-state index contributed by atoms with van der Waals surface area (Å²) >= 11 is 3.39. The molecule has 18 heavy (non-hydrogen) atoms. The second kappa shape index (κ2) is 5.21. The molecule has 3 heteroatoms. The van der Waals surface area contributed by atoms with Crippen molar-refractivity contribution < 1.29 is 0 Å². The summed E-state index contributed by atoms with van der Waals surface area (Å²) < 4.78 is 0.987. The summed E-state index contributed by atoms with van der Waals surface area (Å²) in [5.74, 6) is 0. The van der Waals surface area contributed by atoms with E-state index < -0.39 is 5.54 Å². The Morgan fingerprint density at radius 2 is 1.94 bits per heavy atom. The molecule has 0 radical (unpaired) electrons. The van der Waals surface area contributed by atoms with Gasteiger partial charge in [-0.25, -0.2) is 0 Å². The molecule has 0 bridgehead atoms. The number of halogens is 1. The lowest BCUT2D eigenvalue weighted by Crippen LogP contribution is -2.36. The van der Waals surface area contributed by atoms with Crippen LogP contribution >= 0.6 is 15.9 Å². The van der Waals surface area contributed by atoms with Gasteiger partial charge in [0.1, 0.15) is 0 Å². The molecule has 0 spiro atoms. The zero-order valence-electron chi connectivity index (χ0n) is 10.7. The third-order valence-electron chi connectivity index (χ3n) is 3.10. The molecule has 0 saturated heterocycles. The molecule has 2 rings (SSSR count). The van der Waals surface area contributed by atoms with Crippen LogP contribution < -0.4 is 5.73 Å². The third-order valence-corrected chi connectivity index (χ3v) is 3.57. The van der Waals surface area contributed by atoms with E-state index in [2.05, 4.69) is 46.9 Å². The quantitative estimate of drug-likeness (QED) is 0.941. The van der Waals surface area contributed by atoms with Crippen LogP contribution in [0, 0.1) is 6.92 Å². The van der Waals surface area contributed by atoms with E-state index in [1.54, 1.807) is 0 Å². The molecule has 1 aromatic heterocycles. The predicted octanol–water partition coefficient (Wildman–Crippen LogP) is 3.57. The summed E-state index contributed by atoms with van der Waals surface area (Å²) in [6.45, 7) is 4.15. The lowest BCUT2D eigenvalue weighted by molar-refractivity contribution is 0.482. The minimum absolute atomic E-state index is 0.397. The lowest BCUT2D eigenvalue weighted by atomic mass is 9.85. The fraction of sp³-hybridized carbons (Fsp3) is 0.267. The number of aryl methyl sites for hydroxylation is 1. The van der Waals surface area contributed by atoms with Crippen LogP contribution in [0.2, 0.25) is 0 Å². The van der Waals surface area contributed by atoms with E-state index in [1.807, 2.05) is 30.5 Å². The highest BCUT2D eigenvalue weighted by Gasteiger charge is 2.23. The summed E-state index contributed by atoms with van der Waals surface area (Å²) in [5.41, 5.74) is 9.46. The third kappa shape index (κ3) is 2.98. The molecular weight excluding hydrogens is 288 g/mol. The van der Waals surface area contributed by atoms with Crippen LogP contribution in [0.15, 0.2) is 47.1 Å². The maximum Gasteiger partial charge on any atom is 0.0439 e. The monoisotopic (exact) mass is 304 g/mol. The first-order chi connectivity index (χ1) is 8.49. The van der Waals surface area contributed by atoms with Crippen molar-refractivity contribution in [1.29, 1.82) is 0 Å². The summed E-state index contributed by atoms with van der Waals surface area (Å²) in [4.78, 5) is 4.39. The molecule has 2 aromatic rings. The largest absolute Gasteiger partial charge is 0.321 e. The van der Waals surface area contributed by atoms with Gasteiger partial charge in [-0.2, -0.15) is 0 Å². The Hall–Kier alpha value is -1.19. The molecule has 1 atom stereocenters. The Morgan fingerprint density at radius 1 is 1.22 bits per heavy atom. The van der Waals surface area contributed by atoms with Gasteiger partial charge in [0.2, 0.25) is 0 Å². The van der Waals surface area contributed by atoms with Crippen molar-refractivity contribution in [3.8, 4) is 0 Å². The highest BCUT2D eigenvalue weighted by Crippen LogP contribution is 2.25. The number of hydrogen-bond acceptors (Lipinski definition) is 2. The van der Waals surface area contributed by atoms with E-state index in [1.165, 1.54) is 11.1 Å². The number of benzene rings is 1. The van der Waals surface area contributed by atoms with Crippen molar-refractivity contribution in [2.24, 2.45) is 5.73 Å². The van der Waals surface area contributed by atoms with Crippen molar-refractivity contribution in [2.75, 3.05) is 0 Å². The van der Waals surface area contributed by atoms with Crippen LogP contribution in [-0.4, -0.2) is 4.98 Å². The average Bonchev–Trinajstić information content (AvgIpc) is 2.32. The van der Waals surface area contributed by atoms with Gasteiger partial charge in [-0.1, -0.05) is 24.3 Å². The first-order valence-corrected chi connectivity index (χ1v) is 6.74. The molecule has 0 aliphatic carbocycles. The Labute approximate surface area is 116 Å². The SMILES string of the molecule is Cc1ccccc1C(C)(N)Cc1ccc(Br)cn1. The van der Waals surface area contributed by atoms with Gasteiger partial charge in [-0.05, 0) is 53.0 Å². The summed E-state index contributed by atoms with van der Waals surface area (Å²) in [5, 5.41) is 0. The molecule has 1 aromatic carbocycles. The fourth-order valence-corrected chi connectivity index (χ4v) is 2.43. The van der Waals surface area contributed by atoms with Crippen molar-refractivity contribution in [3.05, 3.63) is 63.9 Å². The Kier molecular flexibility index (Phi) is 3.83. The van der Waals surface area contributed by atoms with Crippen molar-refractivity contribution in [2.45, 2.75) is 25.8 Å². The van der Waals surface area contributed by atoms with Gasteiger partial charge in [-0.15, -0.1) is 0 Å². The minimum Gasteiger partial charge on any atom is -0.321 e. The summed E-state index contributed by atoms with van der Waals surface area (Å²) in [6.07, 6.45) is 2.54. The molecule has 1 unspecified atom stereocenters. The zero-order chi connectivity index (χ0) is 13.2. The molecule has 94 valence electrons. The standard InChI is InChI=1S/C15H17BrN2/c1-11-5-3-4-6-14(11)15(2,17)9-13-8-7-12(16)10-18-13/h3-8,10H,9,17H2,1-2H3. The molecule has 0 aliphatic rings. The van der Waals surface area contributed by atoms with Gasteiger partial charge in [-0.3, -0.25) is 4.98 Å². The summed E-state index contributed by atoms with van der Waals surface area (Å²) in [7, 11) is 0. The van der Waals surface area contributed by atoms with E-state index in [0.717, 1.165) is 16.6 Å². The number of aromatic nitrogens is 1. The van der Waals surface area contributed by atoms with Crippen molar-refractivity contribution in [3.63, 3.8) is 0 Å². The molecule has 0 amide bonds. The Balaban J connectivity index is 2.27. The highest BCUT2D eigenvalue weighted by molar-refractivity contribution is 9.10. The molecule has 2 N–H and O–H groups in total. The molecule has 2 nitrogen and oxygen atoms in total. The number of nitrogens with two attached hydrogens (primary N) is 1. The van der Waals surface area contributed by atoms with Crippen molar-refractivity contribution >= 4 is 15.9 Å². The number of pyridine rings is 1. The number of rotatable bonds is 3. The van der Waals surface area contributed by atoms with Crippen molar-refractivity contribution in [1.82, 2.24) is 4.98 Å². The fourth-order valence-electron chi connectivity index (χ4n) is 2.20. The Bertz CT molecular complexity index is 532. The van der Waals surface area contributed by atoms with Gasteiger partial charge in [0.25, 0.3) is 0 Å². The van der Waals surface area contributed by atoms with E-state index in [0.29, 0.717) is 0 Å². The smallest absolute Gasteiger partial charge is 0.0439 e. The predicted molar refractivity (Wildman–Crippen MR) is 78.4 cm³/mol. The van der Waals surface area contributed by atoms with Crippen LogP contribution in [0.1, 0.15) is 23.7 Å². The topological polar surface area (TPSA) is 38.9 Å². The van der Waals surface area contributed by atoms with Crippen LogP contribution in [0.25, 0.3) is 0 Å². The van der Waals surface area contributed by atoms with Gasteiger partial charge >= 0.3 is 0 Å². The van der Waals surface area contributed by atoms with Gasteiger partial charge in [0.05, 0.1) is 0 Å². The van der Waals surface area contributed by atoms with Gasteiger partial charge < -0.3 is 5.73 Å². The second-order valence-electron chi connectivity index (χ2n) is 4.88. The van der Waals surface area contributed by atoms with E-state index in [-0.39, 0.29) is 0 Å². The molecule has 0 saturated carbocycles. The highest BCUT2D eigenvalue weighted by atomic mass is 79.9. The molecule has 0 fully saturated rings. The lowest BCUT2D eigenvalue weighted by Gasteiger charge is -2.26. The van der Waals surface area contributed by atoms with Gasteiger partial charge in [0.15, 0.2) is 0 Å². The van der Waals surface area contributed by atoms with Gasteiger partial charge in [0, 0.05) is 28.3 Å². The maximum absolute atomic E-state index is 6.46. The first kappa shape index (κ1) is 13.2. The van der Waals surface area contributed by atoms with Crippen LogP contribution in [-0.2, 0) is 12.0 Å². The maximum atomic E-state index is 6.46. The normalized spacial score (nSPS) is 14.2. The van der Waals surface area contributed by atoms with E-state index >= 15 is 0 Å². The van der Waals surface area contributed by atoms with Crippen LogP contribution in [0.4, 0.5) is 0 Å². The van der Waals surface area contributed by atoms with Crippen LogP contribution in [0.5, 0.6) is 0 Å². The Morgan fingerprint density at radius 3 is 2.56 bits per heavy atom. The molecular formula is C15H17BrN2.